The molecule has 84 valence electrons. The van der Waals surface area contributed by atoms with Crippen molar-refractivity contribution in [1.82, 2.24) is 4.98 Å². The van der Waals surface area contributed by atoms with Gasteiger partial charge in [-0.2, -0.15) is 0 Å². The van der Waals surface area contributed by atoms with Gasteiger partial charge in [-0.05, 0) is 18.5 Å². The molecular weight excluding hydrogens is 198 g/mol. The zero-order chi connectivity index (χ0) is 11.4. The van der Waals surface area contributed by atoms with Gasteiger partial charge in [0, 0.05) is 17.7 Å². The van der Waals surface area contributed by atoms with E-state index >= 15 is 0 Å². The topological polar surface area (TPSA) is 38.9 Å². The summed E-state index contributed by atoms with van der Waals surface area (Å²) in [5.41, 5.74) is 5.76. The van der Waals surface area contributed by atoms with Crippen LogP contribution in [0, 0.1) is 17.7 Å². The fourth-order valence-electron chi connectivity index (χ4n) is 1.56. The van der Waals surface area contributed by atoms with Crippen molar-refractivity contribution < 1.29 is 8.78 Å². The van der Waals surface area contributed by atoms with Gasteiger partial charge in [0.2, 0.25) is 0 Å². The average molecular weight is 214 g/mol. The predicted molar refractivity (Wildman–Crippen MR) is 55.4 cm³/mol. The zero-order valence-electron chi connectivity index (χ0n) is 8.95. The Balaban J connectivity index is 2.87. The molecule has 0 amide bonds. The first kappa shape index (κ1) is 12.0. The van der Waals surface area contributed by atoms with E-state index in [1.54, 1.807) is 0 Å². The molecule has 0 saturated heterocycles. The number of nitrogens with zero attached hydrogens (tertiary/aromatic N) is 1. The first-order valence-corrected chi connectivity index (χ1v) is 5.00. The molecule has 4 heteroatoms. The average Bonchev–Trinajstić information content (AvgIpc) is 2.18. The van der Waals surface area contributed by atoms with Crippen LogP contribution in [0.15, 0.2) is 18.5 Å². The second-order valence-electron chi connectivity index (χ2n) is 3.98. The van der Waals surface area contributed by atoms with Gasteiger partial charge in [0.15, 0.2) is 0 Å². The summed E-state index contributed by atoms with van der Waals surface area (Å²) in [4.78, 5) is 3.63. The molecule has 0 spiro atoms. The van der Waals surface area contributed by atoms with Gasteiger partial charge >= 0.3 is 0 Å². The number of hydrogen-bond donors (Lipinski definition) is 1. The SMILES string of the molecule is CC(C)C(CN)C(F)c1cncc(F)c1. The Morgan fingerprint density at radius 1 is 1.40 bits per heavy atom. The maximum absolute atomic E-state index is 13.9. The molecule has 0 aromatic carbocycles. The summed E-state index contributed by atoms with van der Waals surface area (Å²) in [5, 5.41) is 0. The van der Waals surface area contributed by atoms with Crippen molar-refractivity contribution in [3.05, 3.63) is 29.8 Å². The molecule has 0 radical (unpaired) electrons. The van der Waals surface area contributed by atoms with Gasteiger partial charge in [0.25, 0.3) is 0 Å². The number of halogens is 2. The maximum Gasteiger partial charge on any atom is 0.141 e. The zero-order valence-corrected chi connectivity index (χ0v) is 8.95. The quantitative estimate of drug-likeness (QED) is 0.836. The van der Waals surface area contributed by atoms with Crippen molar-refractivity contribution in [2.24, 2.45) is 17.6 Å². The van der Waals surface area contributed by atoms with Crippen LogP contribution in [0.25, 0.3) is 0 Å². The van der Waals surface area contributed by atoms with E-state index in [-0.39, 0.29) is 23.9 Å². The number of hydrogen-bond acceptors (Lipinski definition) is 2. The molecule has 0 saturated carbocycles. The van der Waals surface area contributed by atoms with E-state index in [1.807, 2.05) is 13.8 Å². The van der Waals surface area contributed by atoms with Crippen LogP contribution in [-0.2, 0) is 0 Å². The van der Waals surface area contributed by atoms with E-state index in [0.717, 1.165) is 6.20 Å². The van der Waals surface area contributed by atoms with E-state index in [2.05, 4.69) is 4.98 Å². The van der Waals surface area contributed by atoms with Crippen LogP contribution in [0.3, 0.4) is 0 Å². The number of rotatable bonds is 4. The summed E-state index contributed by atoms with van der Waals surface area (Å²) in [6.07, 6.45) is 1.15. The van der Waals surface area contributed by atoms with E-state index in [1.165, 1.54) is 12.3 Å². The standard InChI is InChI=1S/C11H16F2N2/c1-7(2)10(4-14)11(13)8-3-9(12)6-15-5-8/h3,5-7,10-11H,4,14H2,1-2H3. The molecule has 2 nitrogen and oxygen atoms in total. The molecule has 0 aliphatic carbocycles. The summed E-state index contributed by atoms with van der Waals surface area (Å²) in [6, 6.07) is 1.17. The van der Waals surface area contributed by atoms with Crippen LogP contribution in [0.2, 0.25) is 0 Å². The lowest BCUT2D eigenvalue weighted by Crippen LogP contribution is -2.24. The molecule has 2 N–H and O–H groups in total. The molecule has 0 fully saturated rings. The second kappa shape index (κ2) is 5.16. The molecule has 0 bridgehead atoms. The Morgan fingerprint density at radius 2 is 2.07 bits per heavy atom. The van der Waals surface area contributed by atoms with Crippen molar-refractivity contribution >= 4 is 0 Å². The lowest BCUT2D eigenvalue weighted by Gasteiger charge is -2.23. The van der Waals surface area contributed by atoms with Crippen molar-refractivity contribution in [2.45, 2.75) is 20.0 Å². The molecule has 2 unspecified atom stereocenters. The van der Waals surface area contributed by atoms with Crippen molar-refractivity contribution in [3.8, 4) is 0 Å². The smallest absolute Gasteiger partial charge is 0.141 e. The predicted octanol–water partition coefficient (Wildman–Crippen LogP) is 2.46. The summed E-state index contributed by atoms with van der Waals surface area (Å²) in [5.74, 6) is -0.698. The Kier molecular flexibility index (Phi) is 4.15. The fraction of sp³-hybridized carbons (Fsp3) is 0.545. The molecule has 2 atom stereocenters. The van der Waals surface area contributed by atoms with Gasteiger partial charge in [-0.3, -0.25) is 4.98 Å². The molecule has 15 heavy (non-hydrogen) atoms. The van der Waals surface area contributed by atoms with E-state index in [0.29, 0.717) is 0 Å². The molecule has 1 aromatic rings. The summed E-state index contributed by atoms with van der Waals surface area (Å²) >= 11 is 0. The van der Waals surface area contributed by atoms with E-state index in [4.69, 9.17) is 5.73 Å². The Hall–Kier alpha value is -1.03. The largest absolute Gasteiger partial charge is 0.330 e. The normalized spacial score (nSPS) is 15.3. The molecule has 0 aliphatic heterocycles. The minimum Gasteiger partial charge on any atom is -0.330 e. The van der Waals surface area contributed by atoms with E-state index in [9.17, 15) is 8.78 Å². The Morgan fingerprint density at radius 3 is 2.53 bits per heavy atom. The van der Waals surface area contributed by atoms with Crippen LogP contribution < -0.4 is 5.73 Å². The highest BCUT2D eigenvalue weighted by molar-refractivity contribution is 5.14. The van der Waals surface area contributed by atoms with Gasteiger partial charge < -0.3 is 5.73 Å². The summed E-state index contributed by atoms with van der Waals surface area (Å²) in [6.45, 7) is 4.04. The van der Waals surface area contributed by atoms with Crippen LogP contribution >= 0.6 is 0 Å². The third kappa shape index (κ3) is 2.96. The number of pyridine rings is 1. The van der Waals surface area contributed by atoms with Crippen molar-refractivity contribution in [2.75, 3.05) is 6.54 Å². The molecule has 1 aromatic heterocycles. The highest BCUT2D eigenvalue weighted by atomic mass is 19.1. The van der Waals surface area contributed by atoms with Gasteiger partial charge in [0.1, 0.15) is 12.0 Å². The first-order chi connectivity index (χ1) is 7.06. The summed E-state index contributed by atoms with van der Waals surface area (Å²) < 4.78 is 26.8. The highest BCUT2D eigenvalue weighted by Crippen LogP contribution is 2.30. The first-order valence-electron chi connectivity index (χ1n) is 5.00. The highest BCUT2D eigenvalue weighted by Gasteiger charge is 2.24. The van der Waals surface area contributed by atoms with Crippen LogP contribution in [-0.4, -0.2) is 11.5 Å². The molecule has 1 heterocycles. The monoisotopic (exact) mass is 214 g/mol. The lowest BCUT2D eigenvalue weighted by atomic mass is 9.88. The van der Waals surface area contributed by atoms with Crippen molar-refractivity contribution in [3.63, 3.8) is 0 Å². The van der Waals surface area contributed by atoms with Crippen LogP contribution in [0.5, 0.6) is 0 Å². The molecule has 0 aliphatic rings. The van der Waals surface area contributed by atoms with Gasteiger partial charge in [-0.25, -0.2) is 8.78 Å². The number of nitrogens with two attached hydrogens (primary N) is 1. The Bertz CT molecular complexity index is 315. The Labute approximate surface area is 88.5 Å². The summed E-state index contributed by atoms with van der Waals surface area (Å²) in [7, 11) is 0. The fourth-order valence-corrected chi connectivity index (χ4v) is 1.56. The third-order valence-electron chi connectivity index (χ3n) is 2.55. The maximum atomic E-state index is 13.9. The van der Waals surface area contributed by atoms with Gasteiger partial charge in [-0.1, -0.05) is 13.8 Å². The molecule has 1 rings (SSSR count). The third-order valence-corrected chi connectivity index (χ3v) is 2.55. The van der Waals surface area contributed by atoms with E-state index < -0.39 is 12.0 Å². The number of aromatic nitrogens is 1. The van der Waals surface area contributed by atoms with Crippen LogP contribution in [0.4, 0.5) is 8.78 Å². The van der Waals surface area contributed by atoms with Crippen LogP contribution in [0.1, 0.15) is 25.6 Å². The van der Waals surface area contributed by atoms with Crippen molar-refractivity contribution in [1.29, 1.82) is 0 Å². The lowest BCUT2D eigenvalue weighted by molar-refractivity contribution is 0.188. The van der Waals surface area contributed by atoms with Gasteiger partial charge in [-0.15, -0.1) is 0 Å². The minimum absolute atomic E-state index is 0.119. The second-order valence-corrected chi connectivity index (χ2v) is 3.98. The van der Waals surface area contributed by atoms with Gasteiger partial charge in [0.05, 0.1) is 6.20 Å². The molecular formula is C11H16F2N2. The number of alkyl halides is 1. The minimum atomic E-state index is -1.25.